The van der Waals surface area contributed by atoms with Crippen molar-refractivity contribution in [2.75, 3.05) is 11.9 Å². The molecule has 0 bridgehead atoms. The molecule has 0 unspecified atom stereocenters. The number of ether oxygens (including phenoxy) is 1. The molecule has 0 radical (unpaired) electrons. The van der Waals surface area contributed by atoms with Gasteiger partial charge in [-0.15, -0.1) is 0 Å². The summed E-state index contributed by atoms with van der Waals surface area (Å²) in [7, 11) is 0. The van der Waals surface area contributed by atoms with Gasteiger partial charge in [-0.1, -0.05) is 18.2 Å². The van der Waals surface area contributed by atoms with E-state index in [1.807, 2.05) is 6.07 Å². The van der Waals surface area contributed by atoms with Gasteiger partial charge in [0.15, 0.2) is 5.41 Å². The topological polar surface area (TPSA) is 55.4 Å². The maximum atomic E-state index is 11.9. The first-order chi connectivity index (χ1) is 7.60. The fourth-order valence-corrected chi connectivity index (χ4v) is 1.88. The van der Waals surface area contributed by atoms with Crippen molar-refractivity contribution in [3.8, 4) is 0 Å². The molecule has 0 aromatic heterocycles. The van der Waals surface area contributed by atoms with E-state index in [0.717, 1.165) is 0 Å². The molecule has 1 aromatic rings. The Kier molecular flexibility index (Phi) is 2.42. The molecule has 1 amide bonds. The van der Waals surface area contributed by atoms with Crippen LogP contribution in [-0.4, -0.2) is 18.5 Å². The molecule has 1 aliphatic heterocycles. The fraction of sp³-hybridized carbons (Fsp3) is 0.333. The van der Waals surface area contributed by atoms with Crippen LogP contribution in [0.4, 0.5) is 5.69 Å². The van der Waals surface area contributed by atoms with Gasteiger partial charge in [0.1, 0.15) is 0 Å². The molecule has 1 heterocycles. The molecule has 0 aliphatic carbocycles. The summed E-state index contributed by atoms with van der Waals surface area (Å²) in [4.78, 5) is 23.7. The molecule has 16 heavy (non-hydrogen) atoms. The van der Waals surface area contributed by atoms with Crippen LogP contribution in [0.3, 0.4) is 0 Å². The van der Waals surface area contributed by atoms with Crippen molar-refractivity contribution in [1.82, 2.24) is 0 Å². The number of carbonyl (C=O) groups excluding carboxylic acids is 2. The van der Waals surface area contributed by atoms with E-state index in [-0.39, 0.29) is 12.5 Å². The third-order valence-corrected chi connectivity index (χ3v) is 2.85. The highest BCUT2D eigenvalue weighted by Gasteiger charge is 2.50. The standard InChI is InChI=1S/C12H13NO3/c1-3-16-11(15)12(2)8-6-4-5-7-9(8)13-10(12)14/h4-7H,3H2,1-2H3,(H,13,14)/t12-/m1/s1. The molecule has 4 nitrogen and oxygen atoms in total. The van der Waals surface area contributed by atoms with Crippen molar-refractivity contribution in [1.29, 1.82) is 0 Å². The summed E-state index contributed by atoms with van der Waals surface area (Å²) in [6.07, 6.45) is 0. The molecule has 4 heteroatoms. The lowest BCUT2D eigenvalue weighted by Gasteiger charge is -2.19. The second kappa shape index (κ2) is 3.63. The molecule has 0 saturated carbocycles. The number of anilines is 1. The van der Waals surface area contributed by atoms with Crippen LogP contribution in [-0.2, 0) is 19.7 Å². The Balaban J connectivity index is 2.48. The van der Waals surface area contributed by atoms with Gasteiger partial charge in [-0.3, -0.25) is 9.59 Å². The number of hydrogen-bond acceptors (Lipinski definition) is 3. The van der Waals surface area contributed by atoms with Gasteiger partial charge in [0, 0.05) is 11.3 Å². The number of hydrogen-bond donors (Lipinski definition) is 1. The molecule has 0 fully saturated rings. The minimum Gasteiger partial charge on any atom is -0.465 e. The Bertz CT molecular complexity index is 455. The van der Waals surface area contributed by atoms with E-state index in [9.17, 15) is 9.59 Å². The maximum absolute atomic E-state index is 11.9. The normalized spacial score (nSPS) is 22.5. The zero-order valence-corrected chi connectivity index (χ0v) is 9.24. The molecule has 1 aliphatic rings. The Hall–Kier alpha value is -1.84. The SMILES string of the molecule is CCOC(=O)[C@@]1(C)C(=O)Nc2ccccc21. The molecular weight excluding hydrogens is 206 g/mol. The van der Waals surface area contributed by atoms with E-state index in [1.165, 1.54) is 0 Å². The Morgan fingerprint density at radius 3 is 2.81 bits per heavy atom. The van der Waals surface area contributed by atoms with Gasteiger partial charge in [-0.25, -0.2) is 0 Å². The molecule has 2 rings (SSSR count). The van der Waals surface area contributed by atoms with Crippen LogP contribution in [0.15, 0.2) is 24.3 Å². The van der Waals surface area contributed by atoms with Crippen LogP contribution in [0.25, 0.3) is 0 Å². The van der Waals surface area contributed by atoms with Gasteiger partial charge >= 0.3 is 5.97 Å². The fourth-order valence-electron chi connectivity index (χ4n) is 1.88. The summed E-state index contributed by atoms with van der Waals surface area (Å²) >= 11 is 0. The number of amides is 1. The average molecular weight is 219 g/mol. The number of para-hydroxylation sites is 1. The van der Waals surface area contributed by atoms with E-state index in [1.54, 1.807) is 32.0 Å². The van der Waals surface area contributed by atoms with E-state index in [2.05, 4.69) is 5.32 Å². The molecule has 0 spiro atoms. The molecule has 84 valence electrons. The number of carbonyl (C=O) groups is 2. The molecule has 0 saturated heterocycles. The monoisotopic (exact) mass is 219 g/mol. The van der Waals surface area contributed by atoms with E-state index >= 15 is 0 Å². The Labute approximate surface area is 93.6 Å². The van der Waals surface area contributed by atoms with Gasteiger partial charge in [0.2, 0.25) is 5.91 Å². The number of nitrogens with one attached hydrogen (secondary N) is 1. The second-order valence-corrected chi connectivity index (χ2v) is 3.85. The maximum Gasteiger partial charge on any atom is 0.326 e. The summed E-state index contributed by atoms with van der Waals surface area (Å²) in [6, 6.07) is 7.16. The van der Waals surface area contributed by atoms with Crippen LogP contribution >= 0.6 is 0 Å². The van der Waals surface area contributed by atoms with Gasteiger partial charge in [-0.2, -0.15) is 0 Å². The van der Waals surface area contributed by atoms with Gasteiger partial charge < -0.3 is 10.1 Å². The van der Waals surface area contributed by atoms with Gasteiger partial charge in [0.25, 0.3) is 0 Å². The zero-order chi connectivity index (χ0) is 11.8. The van der Waals surface area contributed by atoms with E-state index in [4.69, 9.17) is 4.74 Å². The lowest BCUT2D eigenvalue weighted by molar-refractivity contribution is -0.152. The third-order valence-electron chi connectivity index (χ3n) is 2.85. The molecule has 1 N–H and O–H groups in total. The number of benzene rings is 1. The number of esters is 1. The highest BCUT2D eigenvalue weighted by molar-refractivity contribution is 6.18. The van der Waals surface area contributed by atoms with E-state index < -0.39 is 11.4 Å². The van der Waals surface area contributed by atoms with Crippen LogP contribution in [0.1, 0.15) is 19.4 Å². The first-order valence-electron chi connectivity index (χ1n) is 5.19. The molecule has 1 atom stereocenters. The highest BCUT2D eigenvalue weighted by atomic mass is 16.5. The molecule has 1 aromatic carbocycles. The summed E-state index contributed by atoms with van der Waals surface area (Å²) in [5, 5.41) is 2.69. The van der Waals surface area contributed by atoms with Crippen LogP contribution in [0, 0.1) is 0 Å². The second-order valence-electron chi connectivity index (χ2n) is 3.85. The summed E-state index contributed by atoms with van der Waals surface area (Å²) < 4.78 is 4.96. The van der Waals surface area contributed by atoms with Crippen molar-refractivity contribution in [3.05, 3.63) is 29.8 Å². The predicted octanol–water partition coefficient (Wildman–Crippen LogP) is 1.46. The lowest BCUT2D eigenvalue weighted by Crippen LogP contribution is -2.40. The average Bonchev–Trinajstić information content (AvgIpc) is 2.53. The Morgan fingerprint density at radius 2 is 2.12 bits per heavy atom. The highest BCUT2D eigenvalue weighted by Crippen LogP contribution is 2.38. The molecular formula is C12H13NO3. The van der Waals surface area contributed by atoms with E-state index in [0.29, 0.717) is 11.3 Å². The first-order valence-corrected chi connectivity index (χ1v) is 5.19. The summed E-state index contributed by atoms with van der Waals surface area (Å²) in [5.74, 6) is -0.829. The quantitative estimate of drug-likeness (QED) is 0.605. The van der Waals surface area contributed by atoms with Gasteiger partial charge in [0.05, 0.1) is 6.61 Å². The zero-order valence-electron chi connectivity index (χ0n) is 9.24. The van der Waals surface area contributed by atoms with Crippen molar-refractivity contribution >= 4 is 17.6 Å². The minimum absolute atomic E-state index is 0.268. The van der Waals surface area contributed by atoms with Crippen LogP contribution in [0.5, 0.6) is 0 Å². The largest absolute Gasteiger partial charge is 0.465 e. The number of fused-ring (bicyclic) bond motifs is 1. The predicted molar refractivity (Wildman–Crippen MR) is 59.1 cm³/mol. The van der Waals surface area contributed by atoms with Crippen molar-refractivity contribution in [2.45, 2.75) is 19.3 Å². The van der Waals surface area contributed by atoms with Crippen LogP contribution < -0.4 is 5.32 Å². The smallest absolute Gasteiger partial charge is 0.326 e. The number of rotatable bonds is 2. The van der Waals surface area contributed by atoms with Crippen molar-refractivity contribution in [3.63, 3.8) is 0 Å². The third kappa shape index (κ3) is 1.30. The van der Waals surface area contributed by atoms with Crippen LogP contribution in [0.2, 0.25) is 0 Å². The summed E-state index contributed by atoms with van der Waals surface area (Å²) in [6.45, 7) is 3.58. The van der Waals surface area contributed by atoms with Crippen molar-refractivity contribution in [2.24, 2.45) is 0 Å². The minimum atomic E-state index is -1.22. The first kappa shape index (κ1) is 10.7. The van der Waals surface area contributed by atoms with Gasteiger partial charge in [-0.05, 0) is 19.9 Å². The lowest BCUT2D eigenvalue weighted by atomic mass is 9.84. The summed E-state index contributed by atoms with van der Waals surface area (Å²) in [5.41, 5.74) is 0.147. The van der Waals surface area contributed by atoms with Crippen molar-refractivity contribution < 1.29 is 14.3 Å². The Morgan fingerprint density at radius 1 is 1.44 bits per heavy atom.